The van der Waals surface area contributed by atoms with Crippen LogP contribution in [0.5, 0.6) is 11.5 Å². The Morgan fingerprint density at radius 2 is 2.05 bits per heavy atom. The van der Waals surface area contributed by atoms with Crippen molar-refractivity contribution < 1.29 is 14.2 Å². The summed E-state index contributed by atoms with van der Waals surface area (Å²) in [6.07, 6.45) is 3.37. The van der Waals surface area contributed by atoms with Gasteiger partial charge in [0.05, 0.1) is 25.9 Å². The predicted octanol–water partition coefficient (Wildman–Crippen LogP) is 1.43. The third-order valence-electron chi connectivity index (χ3n) is 3.78. The number of hydrogen-bond donors (Lipinski definition) is 2. The Kier molecular flexibility index (Phi) is 5.00. The Balaban J connectivity index is 1.53. The molecule has 1 unspecified atom stereocenters. The molecule has 0 saturated carbocycles. The molecule has 3 rings (SSSR count). The van der Waals surface area contributed by atoms with Gasteiger partial charge in [-0.1, -0.05) is 6.07 Å². The van der Waals surface area contributed by atoms with Gasteiger partial charge in [-0.3, -0.25) is 0 Å². The molecule has 2 aliphatic rings. The van der Waals surface area contributed by atoms with E-state index in [4.69, 9.17) is 19.9 Å². The molecule has 3 N–H and O–H groups in total. The molecule has 0 spiro atoms. The van der Waals surface area contributed by atoms with Crippen LogP contribution in [0.15, 0.2) is 23.2 Å². The molecule has 0 aromatic heterocycles. The van der Waals surface area contributed by atoms with Crippen LogP contribution in [0, 0.1) is 0 Å². The highest BCUT2D eigenvalue weighted by molar-refractivity contribution is 5.77. The molecule has 2 heterocycles. The van der Waals surface area contributed by atoms with Crippen molar-refractivity contribution in [3.63, 3.8) is 0 Å². The third kappa shape index (κ3) is 4.04. The fraction of sp³-hybridized carbons (Fsp3) is 0.562. The van der Waals surface area contributed by atoms with Crippen molar-refractivity contribution in [2.75, 3.05) is 26.4 Å². The van der Waals surface area contributed by atoms with E-state index in [1.807, 2.05) is 18.2 Å². The lowest BCUT2D eigenvalue weighted by atomic mass is 10.2. The maximum absolute atomic E-state index is 5.89. The first kappa shape index (κ1) is 15.0. The summed E-state index contributed by atoms with van der Waals surface area (Å²) in [6.45, 7) is 3.47. The van der Waals surface area contributed by atoms with Crippen LogP contribution in [0.2, 0.25) is 0 Å². The molecule has 22 heavy (non-hydrogen) atoms. The van der Waals surface area contributed by atoms with Crippen molar-refractivity contribution in [3.05, 3.63) is 23.8 Å². The molecule has 0 bridgehead atoms. The fourth-order valence-corrected chi connectivity index (χ4v) is 2.56. The average Bonchev–Trinajstić information content (AvgIpc) is 2.95. The lowest BCUT2D eigenvalue weighted by molar-refractivity contribution is 0.114. The van der Waals surface area contributed by atoms with Crippen molar-refractivity contribution in [3.8, 4) is 11.5 Å². The van der Waals surface area contributed by atoms with E-state index in [0.29, 0.717) is 25.7 Å². The van der Waals surface area contributed by atoms with Gasteiger partial charge in [-0.25, -0.2) is 4.99 Å². The Labute approximate surface area is 130 Å². The molecule has 1 saturated heterocycles. The smallest absolute Gasteiger partial charge is 0.189 e. The van der Waals surface area contributed by atoms with Crippen LogP contribution < -0.4 is 20.5 Å². The van der Waals surface area contributed by atoms with Gasteiger partial charge in [0, 0.05) is 19.6 Å². The lowest BCUT2D eigenvalue weighted by Gasteiger charge is -2.11. The Morgan fingerprint density at radius 3 is 2.86 bits per heavy atom. The van der Waals surface area contributed by atoms with E-state index in [2.05, 4.69) is 10.3 Å². The first-order chi connectivity index (χ1) is 10.8. The van der Waals surface area contributed by atoms with Crippen LogP contribution in [-0.4, -0.2) is 38.4 Å². The molecule has 1 aromatic rings. The number of guanidine groups is 1. The highest BCUT2D eigenvalue weighted by Gasteiger charge is 2.15. The second-order valence-electron chi connectivity index (χ2n) is 5.55. The number of rotatable bonds is 4. The SMILES string of the molecule is NC(=NCc1ccc2c(c1)OCCCO2)NCC1CCCO1. The molecule has 1 aromatic carbocycles. The zero-order chi connectivity index (χ0) is 15.2. The molecule has 0 radical (unpaired) electrons. The van der Waals surface area contributed by atoms with E-state index in [0.717, 1.165) is 49.5 Å². The van der Waals surface area contributed by atoms with E-state index in [-0.39, 0.29) is 6.10 Å². The molecule has 6 heteroatoms. The first-order valence-electron chi connectivity index (χ1n) is 7.85. The summed E-state index contributed by atoms with van der Waals surface area (Å²) in [4.78, 5) is 4.36. The average molecular weight is 305 g/mol. The Morgan fingerprint density at radius 1 is 1.18 bits per heavy atom. The lowest BCUT2D eigenvalue weighted by Crippen LogP contribution is -2.37. The van der Waals surface area contributed by atoms with Crippen molar-refractivity contribution in [2.45, 2.75) is 31.9 Å². The zero-order valence-electron chi connectivity index (χ0n) is 12.7. The quantitative estimate of drug-likeness (QED) is 0.650. The minimum absolute atomic E-state index is 0.256. The van der Waals surface area contributed by atoms with Gasteiger partial charge in [-0.2, -0.15) is 0 Å². The van der Waals surface area contributed by atoms with Gasteiger partial charge >= 0.3 is 0 Å². The molecule has 0 amide bonds. The van der Waals surface area contributed by atoms with Crippen molar-refractivity contribution in [1.29, 1.82) is 0 Å². The number of benzene rings is 1. The molecular formula is C16H23N3O3. The zero-order valence-corrected chi connectivity index (χ0v) is 12.7. The molecule has 120 valence electrons. The van der Waals surface area contributed by atoms with Gasteiger partial charge in [0.25, 0.3) is 0 Å². The van der Waals surface area contributed by atoms with Crippen LogP contribution >= 0.6 is 0 Å². The summed E-state index contributed by atoms with van der Waals surface area (Å²) in [5, 5.41) is 3.11. The Hall–Kier alpha value is -1.95. The normalized spacial score (nSPS) is 21.5. The van der Waals surface area contributed by atoms with Gasteiger partial charge < -0.3 is 25.3 Å². The van der Waals surface area contributed by atoms with Crippen LogP contribution in [0.4, 0.5) is 0 Å². The van der Waals surface area contributed by atoms with Crippen molar-refractivity contribution in [1.82, 2.24) is 5.32 Å². The maximum Gasteiger partial charge on any atom is 0.189 e. The number of ether oxygens (including phenoxy) is 3. The largest absolute Gasteiger partial charge is 0.490 e. The van der Waals surface area contributed by atoms with E-state index >= 15 is 0 Å². The summed E-state index contributed by atoms with van der Waals surface area (Å²) >= 11 is 0. The van der Waals surface area contributed by atoms with Gasteiger partial charge in [-0.15, -0.1) is 0 Å². The number of nitrogens with zero attached hydrogens (tertiary/aromatic N) is 1. The highest BCUT2D eigenvalue weighted by atomic mass is 16.5. The second kappa shape index (κ2) is 7.35. The Bertz CT molecular complexity index is 527. The standard InChI is InChI=1S/C16H23N3O3/c17-16(19-11-13-3-1-6-20-13)18-10-12-4-5-14-15(9-12)22-8-2-7-21-14/h4-5,9,13H,1-3,6-8,10-11H2,(H3,17,18,19). The number of nitrogens with one attached hydrogen (secondary N) is 1. The van der Waals surface area contributed by atoms with Crippen LogP contribution in [0.3, 0.4) is 0 Å². The van der Waals surface area contributed by atoms with E-state index in [1.54, 1.807) is 0 Å². The van der Waals surface area contributed by atoms with Gasteiger partial charge in [0.2, 0.25) is 0 Å². The molecule has 0 aliphatic carbocycles. The monoisotopic (exact) mass is 305 g/mol. The third-order valence-corrected chi connectivity index (χ3v) is 3.78. The summed E-state index contributed by atoms with van der Waals surface area (Å²) < 4.78 is 16.8. The van der Waals surface area contributed by atoms with E-state index in [9.17, 15) is 0 Å². The fourth-order valence-electron chi connectivity index (χ4n) is 2.56. The predicted molar refractivity (Wildman–Crippen MR) is 84.4 cm³/mol. The summed E-state index contributed by atoms with van der Waals surface area (Å²) in [6, 6.07) is 5.89. The maximum atomic E-state index is 5.89. The highest BCUT2D eigenvalue weighted by Crippen LogP contribution is 2.30. The number of aliphatic imine (C=N–C) groups is 1. The van der Waals surface area contributed by atoms with Gasteiger partial charge in [0.15, 0.2) is 17.5 Å². The number of hydrogen-bond acceptors (Lipinski definition) is 4. The second-order valence-corrected chi connectivity index (χ2v) is 5.55. The molecule has 1 atom stereocenters. The van der Waals surface area contributed by atoms with Crippen LogP contribution in [0.25, 0.3) is 0 Å². The first-order valence-corrected chi connectivity index (χ1v) is 7.85. The van der Waals surface area contributed by atoms with Crippen LogP contribution in [-0.2, 0) is 11.3 Å². The molecular weight excluding hydrogens is 282 g/mol. The summed E-state index contributed by atoms with van der Waals surface area (Å²) in [5.41, 5.74) is 6.94. The minimum atomic E-state index is 0.256. The minimum Gasteiger partial charge on any atom is -0.490 e. The molecule has 6 nitrogen and oxygen atoms in total. The van der Waals surface area contributed by atoms with Gasteiger partial charge in [0.1, 0.15) is 0 Å². The summed E-state index contributed by atoms with van der Waals surface area (Å²) in [5.74, 6) is 2.04. The van der Waals surface area contributed by atoms with E-state index in [1.165, 1.54) is 0 Å². The van der Waals surface area contributed by atoms with Crippen molar-refractivity contribution in [2.24, 2.45) is 10.7 Å². The number of fused-ring (bicyclic) bond motifs is 1. The van der Waals surface area contributed by atoms with Crippen LogP contribution in [0.1, 0.15) is 24.8 Å². The molecule has 1 fully saturated rings. The van der Waals surface area contributed by atoms with Crippen molar-refractivity contribution >= 4 is 5.96 Å². The summed E-state index contributed by atoms with van der Waals surface area (Å²) in [7, 11) is 0. The van der Waals surface area contributed by atoms with E-state index < -0.39 is 0 Å². The topological polar surface area (TPSA) is 78.1 Å². The number of nitrogens with two attached hydrogens (primary N) is 1. The van der Waals surface area contributed by atoms with Gasteiger partial charge in [-0.05, 0) is 30.5 Å². The molecule has 2 aliphatic heterocycles.